The molecule has 0 fully saturated rings. The fourth-order valence-electron chi connectivity index (χ4n) is 3.08. The fourth-order valence-corrected chi connectivity index (χ4v) is 4.06. The molecule has 2 amide bonds. The smallest absolute Gasteiger partial charge is 0.242 e. The Kier molecular flexibility index (Phi) is 9.26. The van der Waals surface area contributed by atoms with Gasteiger partial charge in [0.1, 0.15) is 6.04 Å². The third kappa shape index (κ3) is 7.58. The van der Waals surface area contributed by atoms with Gasteiger partial charge in [0.2, 0.25) is 11.8 Å². The highest BCUT2D eigenvalue weighted by Crippen LogP contribution is 2.17. The molecule has 0 aliphatic rings. The second-order valence-electron chi connectivity index (χ2n) is 7.58. The van der Waals surface area contributed by atoms with E-state index in [0.717, 1.165) is 17.7 Å². The van der Waals surface area contributed by atoms with Gasteiger partial charge in [0, 0.05) is 18.3 Å². The molecule has 0 radical (unpaired) electrons. The maximum Gasteiger partial charge on any atom is 0.242 e. The van der Waals surface area contributed by atoms with Gasteiger partial charge in [0.05, 0.1) is 5.75 Å². The standard InChI is InChI=1S/C24H32N2O2S/c1-18(2)25-24(28)20(4)26(15-14-21-11-6-5-7-12-21)23(27)17-29-16-22-13-9-8-10-19(22)3/h5-13,18,20H,14-17H2,1-4H3,(H,25,28)/t20-/m1/s1. The first-order valence-electron chi connectivity index (χ1n) is 10.1. The number of nitrogens with zero attached hydrogens (tertiary/aromatic N) is 1. The third-order valence-corrected chi connectivity index (χ3v) is 5.79. The number of hydrogen-bond donors (Lipinski definition) is 1. The van der Waals surface area contributed by atoms with E-state index >= 15 is 0 Å². The topological polar surface area (TPSA) is 49.4 Å². The first-order chi connectivity index (χ1) is 13.9. The summed E-state index contributed by atoms with van der Waals surface area (Å²) < 4.78 is 0. The fraction of sp³-hybridized carbons (Fsp3) is 0.417. The van der Waals surface area contributed by atoms with Crippen LogP contribution in [0.4, 0.5) is 0 Å². The lowest BCUT2D eigenvalue weighted by atomic mass is 10.1. The molecule has 0 aliphatic carbocycles. The van der Waals surface area contributed by atoms with E-state index < -0.39 is 6.04 Å². The summed E-state index contributed by atoms with van der Waals surface area (Å²) in [5.74, 6) is 1.05. The van der Waals surface area contributed by atoms with Crippen LogP contribution in [0, 0.1) is 6.92 Å². The van der Waals surface area contributed by atoms with Crippen molar-refractivity contribution < 1.29 is 9.59 Å². The van der Waals surface area contributed by atoms with Crippen molar-refractivity contribution in [2.24, 2.45) is 0 Å². The van der Waals surface area contributed by atoms with E-state index in [4.69, 9.17) is 0 Å². The minimum Gasteiger partial charge on any atom is -0.352 e. The Morgan fingerprint density at radius 1 is 1.00 bits per heavy atom. The summed E-state index contributed by atoms with van der Waals surface area (Å²) in [5.41, 5.74) is 3.64. The monoisotopic (exact) mass is 412 g/mol. The molecular formula is C24H32N2O2S. The predicted octanol–water partition coefficient (Wildman–Crippen LogP) is 4.21. The summed E-state index contributed by atoms with van der Waals surface area (Å²) in [6.07, 6.45) is 0.730. The van der Waals surface area contributed by atoms with Gasteiger partial charge in [-0.3, -0.25) is 9.59 Å². The molecule has 0 aromatic heterocycles. The van der Waals surface area contributed by atoms with Crippen LogP contribution in [0.15, 0.2) is 54.6 Å². The number of hydrogen-bond acceptors (Lipinski definition) is 3. The highest BCUT2D eigenvalue weighted by Gasteiger charge is 2.25. The van der Waals surface area contributed by atoms with Crippen molar-refractivity contribution in [1.82, 2.24) is 10.2 Å². The summed E-state index contributed by atoms with van der Waals surface area (Å²) in [6.45, 7) is 8.28. The summed E-state index contributed by atoms with van der Waals surface area (Å²) in [5, 5.41) is 2.93. The summed E-state index contributed by atoms with van der Waals surface area (Å²) in [6, 6.07) is 17.9. The summed E-state index contributed by atoms with van der Waals surface area (Å²) >= 11 is 1.60. The molecule has 156 valence electrons. The molecule has 2 rings (SSSR count). The Bertz CT molecular complexity index is 792. The lowest BCUT2D eigenvalue weighted by Gasteiger charge is -2.29. The molecule has 2 aromatic carbocycles. The first kappa shape index (κ1) is 23.0. The van der Waals surface area contributed by atoms with Gasteiger partial charge in [-0.15, -0.1) is 11.8 Å². The van der Waals surface area contributed by atoms with Crippen molar-refractivity contribution in [3.63, 3.8) is 0 Å². The lowest BCUT2D eigenvalue weighted by molar-refractivity contribution is -0.138. The molecule has 0 saturated carbocycles. The Morgan fingerprint density at radius 3 is 2.31 bits per heavy atom. The zero-order valence-corrected chi connectivity index (χ0v) is 18.7. The number of carbonyl (C=O) groups is 2. The van der Waals surface area contributed by atoms with Gasteiger partial charge >= 0.3 is 0 Å². The van der Waals surface area contributed by atoms with Crippen LogP contribution in [0.5, 0.6) is 0 Å². The molecule has 0 aliphatic heterocycles. The van der Waals surface area contributed by atoms with Crippen molar-refractivity contribution in [1.29, 1.82) is 0 Å². The molecule has 1 N–H and O–H groups in total. The molecule has 0 bridgehead atoms. The Morgan fingerprint density at radius 2 is 1.66 bits per heavy atom. The van der Waals surface area contributed by atoms with Crippen LogP contribution in [0.1, 0.15) is 37.5 Å². The molecule has 29 heavy (non-hydrogen) atoms. The molecule has 2 aromatic rings. The Balaban J connectivity index is 2.00. The Labute approximate surface area is 179 Å². The van der Waals surface area contributed by atoms with Crippen LogP contribution in [-0.4, -0.2) is 41.1 Å². The van der Waals surface area contributed by atoms with Gasteiger partial charge < -0.3 is 10.2 Å². The summed E-state index contributed by atoms with van der Waals surface area (Å²) in [7, 11) is 0. The number of nitrogens with one attached hydrogen (secondary N) is 1. The van der Waals surface area contributed by atoms with E-state index in [2.05, 4.69) is 36.5 Å². The lowest BCUT2D eigenvalue weighted by Crippen LogP contribution is -2.50. The number of amides is 2. The van der Waals surface area contributed by atoms with Crippen LogP contribution in [-0.2, 0) is 21.8 Å². The maximum atomic E-state index is 13.0. The number of carbonyl (C=O) groups excluding carboxylic acids is 2. The maximum absolute atomic E-state index is 13.0. The quantitative estimate of drug-likeness (QED) is 0.636. The third-order valence-electron chi connectivity index (χ3n) is 4.83. The zero-order chi connectivity index (χ0) is 21.2. The molecule has 0 saturated heterocycles. The van der Waals surface area contributed by atoms with Crippen molar-refractivity contribution in [3.05, 3.63) is 71.3 Å². The molecule has 0 spiro atoms. The van der Waals surface area contributed by atoms with Gasteiger partial charge in [-0.2, -0.15) is 0 Å². The number of aryl methyl sites for hydroxylation is 1. The SMILES string of the molecule is Cc1ccccc1CSCC(=O)N(CCc1ccccc1)[C@H](C)C(=O)NC(C)C. The van der Waals surface area contributed by atoms with Crippen LogP contribution >= 0.6 is 11.8 Å². The van der Waals surface area contributed by atoms with E-state index in [0.29, 0.717) is 12.3 Å². The van der Waals surface area contributed by atoms with Gasteiger partial charge in [-0.25, -0.2) is 0 Å². The zero-order valence-electron chi connectivity index (χ0n) is 17.9. The van der Waals surface area contributed by atoms with Crippen molar-refractivity contribution >= 4 is 23.6 Å². The average molecular weight is 413 g/mol. The minimum atomic E-state index is -0.493. The van der Waals surface area contributed by atoms with E-state index in [-0.39, 0.29) is 17.9 Å². The molecule has 5 heteroatoms. The number of thioether (sulfide) groups is 1. The van der Waals surface area contributed by atoms with Crippen LogP contribution in [0.3, 0.4) is 0 Å². The van der Waals surface area contributed by atoms with Gasteiger partial charge in [-0.1, -0.05) is 54.6 Å². The Hall–Kier alpha value is -2.27. The van der Waals surface area contributed by atoms with E-state index in [1.165, 1.54) is 11.1 Å². The normalized spacial score (nSPS) is 11.9. The molecule has 0 unspecified atom stereocenters. The molecule has 1 atom stereocenters. The number of rotatable bonds is 10. The van der Waals surface area contributed by atoms with Crippen molar-refractivity contribution in [2.45, 2.75) is 52.0 Å². The molecular weight excluding hydrogens is 380 g/mol. The van der Waals surface area contributed by atoms with Crippen LogP contribution in [0.25, 0.3) is 0 Å². The van der Waals surface area contributed by atoms with Crippen molar-refractivity contribution in [2.75, 3.05) is 12.3 Å². The van der Waals surface area contributed by atoms with Gasteiger partial charge in [0.15, 0.2) is 0 Å². The van der Waals surface area contributed by atoms with E-state index in [1.54, 1.807) is 16.7 Å². The highest BCUT2D eigenvalue weighted by atomic mass is 32.2. The minimum absolute atomic E-state index is 0.00548. The average Bonchev–Trinajstić information content (AvgIpc) is 2.69. The predicted molar refractivity (Wildman–Crippen MR) is 122 cm³/mol. The first-order valence-corrected chi connectivity index (χ1v) is 11.3. The van der Waals surface area contributed by atoms with Gasteiger partial charge in [-0.05, 0) is 50.8 Å². The van der Waals surface area contributed by atoms with Crippen LogP contribution < -0.4 is 5.32 Å². The van der Waals surface area contributed by atoms with Crippen molar-refractivity contribution in [3.8, 4) is 0 Å². The van der Waals surface area contributed by atoms with E-state index in [9.17, 15) is 9.59 Å². The highest BCUT2D eigenvalue weighted by molar-refractivity contribution is 7.99. The summed E-state index contributed by atoms with van der Waals surface area (Å²) in [4.78, 5) is 27.3. The second kappa shape index (κ2) is 11.7. The van der Waals surface area contributed by atoms with Crippen LogP contribution in [0.2, 0.25) is 0 Å². The second-order valence-corrected chi connectivity index (χ2v) is 8.57. The number of benzene rings is 2. The molecule has 4 nitrogen and oxygen atoms in total. The van der Waals surface area contributed by atoms with E-state index in [1.807, 2.05) is 51.1 Å². The largest absolute Gasteiger partial charge is 0.352 e. The molecule has 0 heterocycles. The van der Waals surface area contributed by atoms with Gasteiger partial charge in [0.25, 0.3) is 0 Å².